The fourth-order valence-corrected chi connectivity index (χ4v) is 5.05. The lowest BCUT2D eigenvalue weighted by Crippen LogP contribution is -2.15. The van der Waals surface area contributed by atoms with Crippen LogP contribution in [0.1, 0.15) is 23.8 Å². The van der Waals surface area contributed by atoms with Gasteiger partial charge in [0.15, 0.2) is 0 Å². The normalized spacial score (nSPS) is 10.9. The molecule has 5 rings (SSSR count). The number of carboxylic acids is 1. The maximum atomic E-state index is 13.1. The van der Waals surface area contributed by atoms with E-state index in [9.17, 15) is 9.59 Å². The van der Waals surface area contributed by atoms with Gasteiger partial charge in [-0.2, -0.15) is 0 Å². The number of H-pyrrole nitrogens is 1. The van der Waals surface area contributed by atoms with Crippen molar-refractivity contribution in [3.05, 3.63) is 76.3 Å². The number of primary amides is 1. The summed E-state index contributed by atoms with van der Waals surface area (Å²) in [7, 11) is 0. The summed E-state index contributed by atoms with van der Waals surface area (Å²) >= 11 is 1.55. The predicted octanol–water partition coefficient (Wildman–Crippen LogP) is 3.54. The van der Waals surface area contributed by atoms with E-state index < -0.39 is 17.6 Å². The molecule has 0 bridgehead atoms. The molecule has 0 spiro atoms. The summed E-state index contributed by atoms with van der Waals surface area (Å²) < 4.78 is 4.73. The first-order chi connectivity index (χ1) is 16.8. The van der Waals surface area contributed by atoms with Crippen molar-refractivity contribution in [1.29, 1.82) is 0 Å². The second-order valence-electron chi connectivity index (χ2n) is 7.89. The number of aromatic nitrogens is 3. The zero-order valence-corrected chi connectivity index (χ0v) is 19.8. The van der Waals surface area contributed by atoms with Crippen molar-refractivity contribution < 1.29 is 14.7 Å². The molecule has 0 saturated carbocycles. The molecule has 2 aromatic carbocycles. The van der Waals surface area contributed by atoms with Crippen molar-refractivity contribution in [1.82, 2.24) is 14.1 Å². The van der Waals surface area contributed by atoms with E-state index in [-0.39, 0.29) is 5.69 Å². The fourth-order valence-electron chi connectivity index (χ4n) is 4.12. The lowest BCUT2D eigenvalue weighted by Gasteiger charge is -2.08. The van der Waals surface area contributed by atoms with Crippen LogP contribution in [-0.2, 0) is 11.3 Å². The predicted molar refractivity (Wildman–Crippen MR) is 138 cm³/mol. The molecule has 0 atom stereocenters. The second-order valence-corrected chi connectivity index (χ2v) is 8.80. The van der Waals surface area contributed by atoms with Crippen molar-refractivity contribution in [2.24, 2.45) is 11.5 Å². The minimum Gasteiger partial charge on any atom is -0.481 e. The summed E-state index contributed by atoms with van der Waals surface area (Å²) in [5, 5.41) is 11.2. The molecular weight excluding hydrogens is 466 g/mol. The van der Waals surface area contributed by atoms with Crippen LogP contribution in [0.25, 0.3) is 37.9 Å². The number of aliphatic carboxylic acids is 1. The van der Waals surface area contributed by atoms with Gasteiger partial charge >= 0.3 is 5.69 Å². The van der Waals surface area contributed by atoms with Crippen molar-refractivity contribution >= 4 is 44.2 Å². The molecule has 10 heteroatoms. The highest BCUT2D eigenvalue weighted by atomic mass is 32.1. The van der Waals surface area contributed by atoms with E-state index in [1.54, 1.807) is 15.9 Å². The van der Waals surface area contributed by atoms with Crippen LogP contribution in [0.15, 0.2) is 64.9 Å². The quantitative estimate of drug-likeness (QED) is 0.287. The third-order valence-electron chi connectivity index (χ3n) is 5.49. The summed E-state index contributed by atoms with van der Waals surface area (Å²) in [4.78, 5) is 37.1. The first-order valence-corrected chi connectivity index (χ1v) is 11.8. The van der Waals surface area contributed by atoms with Crippen LogP contribution in [0.5, 0.6) is 0 Å². The molecule has 1 amide bonds. The number of fused-ring (bicyclic) bond motifs is 2. The monoisotopic (exact) mass is 491 g/mol. The first-order valence-electron chi connectivity index (χ1n) is 10.9. The number of carbonyl (C=O) groups excluding carboxylic acids is 1. The van der Waals surface area contributed by atoms with Crippen LogP contribution in [0.4, 0.5) is 0 Å². The maximum Gasteiger partial charge on any atom is 0.331 e. The average Bonchev–Trinajstić information content (AvgIpc) is 3.50. The number of carboxylic acid groups (broad SMARTS) is 1. The minimum absolute atomic E-state index is 0.0991. The Labute approximate surface area is 204 Å². The average molecular weight is 492 g/mol. The highest BCUT2D eigenvalue weighted by molar-refractivity contribution is 7.17. The number of para-hydroxylation sites is 1. The summed E-state index contributed by atoms with van der Waals surface area (Å²) in [6.07, 6.45) is 2.79. The van der Waals surface area contributed by atoms with Gasteiger partial charge in [-0.25, -0.2) is 4.79 Å². The number of aryl methyl sites for hydroxylation is 1. The molecule has 3 heterocycles. The Bertz CT molecular complexity index is 1590. The second kappa shape index (κ2) is 10.00. The number of nitrogens with one attached hydrogen (secondary N) is 1. The van der Waals surface area contributed by atoms with Crippen LogP contribution in [0, 0.1) is 0 Å². The Hall–Kier alpha value is -4.15. The smallest absolute Gasteiger partial charge is 0.331 e. The van der Waals surface area contributed by atoms with Gasteiger partial charge < -0.3 is 26.1 Å². The molecule has 0 fully saturated rings. The molecule has 3 aromatic heterocycles. The molecule has 0 aliphatic rings. The van der Waals surface area contributed by atoms with Gasteiger partial charge in [0.25, 0.3) is 11.9 Å². The summed E-state index contributed by atoms with van der Waals surface area (Å²) in [5.41, 5.74) is 14.1. The van der Waals surface area contributed by atoms with Gasteiger partial charge in [-0.05, 0) is 25.1 Å². The van der Waals surface area contributed by atoms with E-state index in [4.69, 9.17) is 21.4 Å². The maximum absolute atomic E-state index is 13.1. The molecule has 0 radical (unpaired) electrons. The number of benzene rings is 2. The highest BCUT2D eigenvalue weighted by Crippen LogP contribution is 2.36. The number of aromatic amines is 1. The SMILES string of the molecule is CC(=O)O.NCCCn1cc(-c2c(C(N)=O)[nH]c(=O)n2-c2csc3ccccc23)c2ccccc21. The van der Waals surface area contributed by atoms with Gasteiger partial charge in [-0.1, -0.05) is 36.4 Å². The van der Waals surface area contributed by atoms with Crippen LogP contribution < -0.4 is 17.2 Å². The largest absolute Gasteiger partial charge is 0.481 e. The van der Waals surface area contributed by atoms with Crippen LogP contribution in [0.3, 0.4) is 0 Å². The molecular formula is C25H25N5O4S. The number of nitrogens with two attached hydrogens (primary N) is 2. The molecule has 9 nitrogen and oxygen atoms in total. The van der Waals surface area contributed by atoms with Gasteiger partial charge in [0, 0.05) is 51.6 Å². The van der Waals surface area contributed by atoms with Gasteiger partial charge in [-0.3, -0.25) is 14.2 Å². The standard InChI is InChI=1S/C23H21N5O2S.C2H4O2/c24-10-5-11-27-12-16(14-6-1-3-8-17(14)27)21-20(22(25)29)26-23(30)28(21)18-13-31-19-9-4-2-7-15(18)19;1-2(3)4/h1-4,6-9,12-13H,5,10-11,24H2,(H2,25,29)(H,26,30);1H3,(H,3,4). The summed E-state index contributed by atoms with van der Waals surface area (Å²) in [6.45, 7) is 2.39. The first kappa shape index (κ1) is 24.0. The minimum atomic E-state index is -0.833. The number of nitrogens with zero attached hydrogens (tertiary/aromatic N) is 2. The lowest BCUT2D eigenvalue weighted by molar-refractivity contribution is -0.134. The van der Waals surface area contributed by atoms with E-state index in [1.165, 1.54) is 0 Å². The number of thiophene rings is 1. The van der Waals surface area contributed by atoms with E-state index in [1.807, 2.05) is 60.1 Å². The van der Waals surface area contributed by atoms with Gasteiger partial charge in [-0.15, -0.1) is 11.3 Å². The molecule has 5 aromatic rings. The Balaban J connectivity index is 0.000000672. The van der Waals surface area contributed by atoms with Crippen molar-refractivity contribution in [3.8, 4) is 16.9 Å². The van der Waals surface area contributed by atoms with Crippen molar-refractivity contribution in [3.63, 3.8) is 0 Å². The molecule has 0 aliphatic heterocycles. The molecule has 180 valence electrons. The third kappa shape index (κ3) is 4.61. The Morgan fingerprint density at radius 3 is 2.43 bits per heavy atom. The van der Waals surface area contributed by atoms with E-state index in [0.29, 0.717) is 12.2 Å². The molecule has 0 aliphatic carbocycles. The molecule has 0 saturated heterocycles. The zero-order valence-electron chi connectivity index (χ0n) is 19.0. The van der Waals surface area contributed by atoms with Crippen LogP contribution >= 0.6 is 11.3 Å². The lowest BCUT2D eigenvalue weighted by atomic mass is 10.1. The van der Waals surface area contributed by atoms with E-state index >= 15 is 0 Å². The number of hydrogen-bond acceptors (Lipinski definition) is 5. The van der Waals surface area contributed by atoms with Gasteiger partial charge in [0.1, 0.15) is 5.69 Å². The summed E-state index contributed by atoms with van der Waals surface area (Å²) in [6, 6.07) is 15.8. The molecule has 35 heavy (non-hydrogen) atoms. The molecule has 0 unspecified atom stereocenters. The van der Waals surface area contributed by atoms with Crippen LogP contribution in [-0.4, -0.2) is 37.6 Å². The Morgan fingerprint density at radius 2 is 1.74 bits per heavy atom. The number of rotatable bonds is 6. The van der Waals surface area contributed by atoms with Crippen molar-refractivity contribution in [2.75, 3.05) is 6.54 Å². The topological polar surface area (TPSA) is 149 Å². The summed E-state index contributed by atoms with van der Waals surface area (Å²) in [5.74, 6) is -1.51. The zero-order chi connectivity index (χ0) is 25.1. The van der Waals surface area contributed by atoms with Crippen LogP contribution in [0.2, 0.25) is 0 Å². The Morgan fingerprint density at radius 1 is 1.09 bits per heavy atom. The number of carbonyl (C=O) groups is 2. The van der Waals surface area contributed by atoms with Crippen molar-refractivity contribution in [2.45, 2.75) is 19.9 Å². The van der Waals surface area contributed by atoms with Gasteiger partial charge in [0.2, 0.25) is 0 Å². The number of hydrogen-bond donors (Lipinski definition) is 4. The molecule has 6 N–H and O–H groups in total. The number of amides is 1. The van der Waals surface area contributed by atoms with E-state index in [2.05, 4.69) is 9.55 Å². The van der Waals surface area contributed by atoms with E-state index in [0.717, 1.165) is 52.1 Å². The number of imidazole rings is 1. The third-order valence-corrected chi connectivity index (χ3v) is 6.44. The fraction of sp³-hybridized carbons (Fsp3) is 0.160. The highest BCUT2D eigenvalue weighted by Gasteiger charge is 2.25. The van der Waals surface area contributed by atoms with Gasteiger partial charge in [0.05, 0.1) is 11.4 Å². The Kier molecular flexibility index (Phi) is 6.85.